The summed E-state index contributed by atoms with van der Waals surface area (Å²) in [7, 11) is 5.25. The molecule has 6 aliphatic rings. The van der Waals surface area contributed by atoms with Crippen LogP contribution in [0.4, 0.5) is 0 Å². The van der Waals surface area contributed by atoms with E-state index < -0.39 is 0 Å². The van der Waals surface area contributed by atoms with Gasteiger partial charge in [-0.25, -0.2) is 0 Å². The molecule has 6 rings (SSSR count). The Hall–Kier alpha value is -0.0800. The summed E-state index contributed by atoms with van der Waals surface area (Å²) < 4.78 is 2.86. The predicted octanol–water partition coefficient (Wildman–Crippen LogP) is 6.25. The van der Waals surface area contributed by atoms with Crippen molar-refractivity contribution in [1.82, 2.24) is 0 Å². The first-order valence-corrected chi connectivity index (χ1v) is 14.5. The molecule has 176 valence electrons. The summed E-state index contributed by atoms with van der Waals surface area (Å²) in [6.07, 6.45) is 20.0. The van der Waals surface area contributed by atoms with Crippen LogP contribution in [-0.4, -0.2) is 61.3 Å². The maximum Gasteiger partial charge on any atom is 0.0945 e. The molecule has 0 aromatic rings. The number of hydrogen-bond acceptors (Lipinski definition) is 0. The molecule has 0 bridgehead atoms. The predicted molar refractivity (Wildman–Crippen MR) is 130 cm³/mol. The Morgan fingerprint density at radius 1 is 0.613 bits per heavy atom. The van der Waals surface area contributed by atoms with E-state index in [9.17, 15) is 0 Å². The lowest BCUT2D eigenvalue weighted by atomic mass is 9.44. The maximum atomic E-state index is 2.79. The van der Waals surface area contributed by atoms with Gasteiger partial charge in [-0.05, 0) is 74.0 Å². The lowest BCUT2D eigenvalue weighted by molar-refractivity contribution is -0.928. The van der Waals surface area contributed by atoms with Crippen molar-refractivity contribution in [2.75, 3.05) is 40.3 Å². The molecule has 0 spiro atoms. The monoisotopic (exact) mass is 428 g/mol. The molecule has 2 saturated heterocycles. The zero-order valence-corrected chi connectivity index (χ0v) is 21.4. The van der Waals surface area contributed by atoms with E-state index in [4.69, 9.17) is 0 Å². The Balaban J connectivity index is 1.21. The summed E-state index contributed by atoms with van der Waals surface area (Å²) in [5.74, 6) is 4.20. The van der Waals surface area contributed by atoms with E-state index in [0.717, 1.165) is 35.8 Å². The van der Waals surface area contributed by atoms with E-state index >= 15 is 0 Å². The number of hydrogen-bond donors (Lipinski definition) is 0. The molecular weight excluding hydrogens is 376 g/mol. The van der Waals surface area contributed by atoms with Gasteiger partial charge in [-0.2, -0.15) is 0 Å². The quantitative estimate of drug-likeness (QED) is 0.456. The van der Waals surface area contributed by atoms with Crippen LogP contribution in [0.15, 0.2) is 0 Å². The topological polar surface area (TPSA) is 0 Å². The second-order valence-corrected chi connectivity index (χ2v) is 14.5. The molecule has 6 fully saturated rings. The minimum Gasteiger partial charge on any atom is -0.324 e. The lowest BCUT2D eigenvalue weighted by Gasteiger charge is -2.62. The van der Waals surface area contributed by atoms with Gasteiger partial charge in [0, 0.05) is 43.9 Å². The normalized spacial score (nSPS) is 53.0. The third-order valence-corrected chi connectivity index (χ3v) is 13.4. The fourth-order valence-electron chi connectivity index (χ4n) is 11.6. The SMILES string of the molecule is C[C@]12CCC3C(CC[C@@H]4CC([N+]5(C)CCCC5)CC[C@]34C)C1CCC2[N+]1(C)CCCC1. The van der Waals surface area contributed by atoms with Gasteiger partial charge in [0.05, 0.1) is 52.4 Å². The van der Waals surface area contributed by atoms with E-state index in [2.05, 4.69) is 27.9 Å². The van der Waals surface area contributed by atoms with Crippen LogP contribution in [-0.2, 0) is 0 Å². The van der Waals surface area contributed by atoms with Gasteiger partial charge in [-0.15, -0.1) is 0 Å². The highest BCUT2D eigenvalue weighted by molar-refractivity contribution is 5.10. The molecule has 2 heterocycles. The van der Waals surface area contributed by atoms with E-state index in [1.54, 1.807) is 51.4 Å². The van der Waals surface area contributed by atoms with Crippen LogP contribution < -0.4 is 0 Å². The van der Waals surface area contributed by atoms with Gasteiger partial charge in [0.2, 0.25) is 0 Å². The molecule has 4 saturated carbocycles. The zero-order chi connectivity index (χ0) is 21.5. The summed E-state index contributed by atoms with van der Waals surface area (Å²) >= 11 is 0. The molecule has 0 aromatic heterocycles. The number of fused-ring (bicyclic) bond motifs is 5. The number of likely N-dealkylation sites (tertiary alicyclic amines) is 2. The van der Waals surface area contributed by atoms with Crippen LogP contribution in [0.2, 0.25) is 0 Å². The number of nitrogens with zero attached hydrogens (tertiary/aromatic N) is 2. The van der Waals surface area contributed by atoms with Crippen LogP contribution in [0.5, 0.6) is 0 Å². The molecule has 0 aromatic carbocycles. The molecular formula is C29H52N2+2. The average molecular weight is 429 g/mol. The molecule has 4 aliphatic carbocycles. The standard InChI is InChI=1S/C29H52N2/c1-28-15-13-23(30(3)17-5-6-18-30)21-22(28)9-10-24-25-11-12-27(31(4)19-7-8-20-31)29(25,2)16-14-26(24)28/h22-27H,5-21H2,1-4H3/q+2/t22-,23?,24?,25?,26?,27?,28+,29+/m1/s1. The fraction of sp³-hybridized carbons (Fsp3) is 1.00. The Morgan fingerprint density at radius 2 is 1.23 bits per heavy atom. The van der Waals surface area contributed by atoms with Crippen LogP contribution in [0.1, 0.15) is 97.3 Å². The smallest absolute Gasteiger partial charge is 0.0945 e. The van der Waals surface area contributed by atoms with Gasteiger partial charge < -0.3 is 8.97 Å². The van der Waals surface area contributed by atoms with Crippen molar-refractivity contribution in [1.29, 1.82) is 0 Å². The fourth-order valence-corrected chi connectivity index (χ4v) is 11.6. The second kappa shape index (κ2) is 7.21. The van der Waals surface area contributed by atoms with Crippen molar-refractivity contribution in [3.63, 3.8) is 0 Å². The van der Waals surface area contributed by atoms with Gasteiger partial charge in [0.25, 0.3) is 0 Å². The first kappa shape index (κ1) is 21.5. The molecule has 2 nitrogen and oxygen atoms in total. The number of quaternary nitrogens is 2. The van der Waals surface area contributed by atoms with Crippen molar-refractivity contribution in [3.05, 3.63) is 0 Å². The molecule has 31 heavy (non-hydrogen) atoms. The minimum atomic E-state index is 0.648. The van der Waals surface area contributed by atoms with Crippen molar-refractivity contribution >= 4 is 0 Å². The minimum absolute atomic E-state index is 0.648. The Labute approximate surface area is 193 Å². The molecule has 8 atom stereocenters. The molecule has 0 amide bonds. The van der Waals surface area contributed by atoms with Crippen LogP contribution in [0, 0.1) is 34.5 Å². The zero-order valence-electron chi connectivity index (χ0n) is 21.4. The molecule has 2 heteroatoms. The lowest BCUT2D eigenvalue weighted by Crippen LogP contribution is -2.61. The van der Waals surface area contributed by atoms with Gasteiger partial charge in [0.15, 0.2) is 0 Å². The summed E-state index contributed by atoms with van der Waals surface area (Å²) in [5, 5.41) is 0. The van der Waals surface area contributed by atoms with Crippen LogP contribution in [0.3, 0.4) is 0 Å². The summed E-state index contributed by atoms with van der Waals surface area (Å²) in [5.41, 5.74) is 1.32. The third kappa shape index (κ3) is 3.02. The summed E-state index contributed by atoms with van der Waals surface area (Å²) in [4.78, 5) is 0. The van der Waals surface area contributed by atoms with E-state index in [1.807, 2.05) is 0 Å². The van der Waals surface area contributed by atoms with Crippen molar-refractivity contribution in [2.24, 2.45) is 34.5 Å². The highest BCUT2D eigenvalue weighted by Gasteiger charge is 2.64. The summed E-state index contributed by atoms with van der Waals surface area (Å²) in [6.45, 7) is 11.5. The van der Waals surface area contributed by atoms with Gasteiger partial charge >= 0.3 is 0 Å². The van der Waals surface area contributed by atoms with E-state index in [1.165, 1.54) is 67.2 Å². The molecule has 0 N–H and O–H groups in total. The highest BCUT2D eigenvalue weighted by atomic mass is 15.4. The average Bonchev–Trinajstić information content (AvgIpc) is 3.46. The van der Waals surface area contributed by atoms with Crippen molar-refractivity contribution in [3.8, 4) is 0 Å². The van der Waals surface area contributed by atoms with Crippen molar-refractivity contribution < 1.29 is 8.97 Å². The third-order valence-electron chi connectivity index (χ3n) is 13.4. The Bertz CT molecular complexity index is 689. The summed E-state index contributed by atoms with van der Waals surface area (Å²) in [6, 6.07) is 1.96. The Kier molecular flexibility index (Phi) is 4.99. The highest BCUT2D eigenvalue weighted by Crippen LogP contribution is 2.67. The molecule has 2 aliphatic heterocycles. The molecule has 5 unspecified atom stereocenters. The first-order chi connectivity index (χ1) is 14.8. The van der Waals surface area contributed by atoms with E-state index in [0.29, 0.717) is 10.8 Å². The first-order valence-electron chi connectivity index (χ1n) is 14.5. The van der Waals surface area contributed by atoms with Gasteiger partial charge in [-0.3, -0.25) is 0 Å². The van der Waals surface area contributed by atoms with Crippen molar-refractivity contribution in [2.45, 2.75) is 109 Å². The Morgan fingerprint density at radius 3 is 1.94 bits per heavy atom. The van der Waals surface area contributed by atoms with Crippen LogP contribution in [0.25, 0.3) is 0 Å². The second-order valence-electron chi connectivity index (χ2n) is 14.5. The molecule has 0 radical (unpaired) electrons. The van der Waals surface area contributed by atoms with Gasteiger partial charge in [0.1, 0.15) is 0 Å². The van der Waals surface area contributed by atoms with E-state index in [-0.39, 0.29) is 0 Å². The van der Waals surface area contributed by atoms with Crippen LogP contribution >= 0.6 is 0 Å². The maximum absolute atomic E-state index is 2.79. The van der Waals surface area contributed by atoms with Gasteiger partial charge in [-0.1, -0.05) is 13.8 Å². The number of rotatable bonds is 2. The largest absolute Gasteiger partial charge is 0.324 e.